The second-order valence-corrected chi connectivity index (χ2v) is 6.58. The Morgan fingerprint density at radius 3 is 2.65 bits per heavy atom. The third-order valence-electron chi connectivity index (χ3n) is 4.43. The molecule has 1 aliphatic rings. The molecule has 0 aromatic heterocycles. The zero-order chi connectivity index (χ0) is 16.7. The van der Waals surface area contributed by atoms with Crippen molar-refractivity contribution in [3.05, 3.63) is 42.0 Å². The summed E-state index contributed by atoms with van der Waals surface area (Å²) in [5, 5.41) is 12.9. The minimum Gasteiger partial charge on any atom is -0.390 e. The molecular formula is C19H28N2O2. The van der Waals surface area contributed by atoms with Crippen LogP contribution < -0.4 is 5.32 Å². The average Bonchev–Trinajstić information content (AvgIpc) is 2.56. The van der Waals surface area contributed by atoms with Gasteiger partial charge < -0.3 is 15.3 Å². The van der Waals surface area contributed by atoms with Gasteiger partial charge in [-0.25, -0.2) is 0 Å². The van der Waals surface area contributed by atoms with Crippen LogP contribution in [0.1, 0.15) is 32.3 Å². The maximum Gasteiger partial charge on any atom is 0.244 e. The van der Waals surface area contributed by atoms with Crippen molar-refractivity contribution in [1.82, 2.24) is 10.2 Å². The number of allylic oxidation sites excluding steroid dienone is 1. The van der Waals surface area contributed by atoms with Crippen molar-refractivity contribution in [3.63, 3.8) is 0 Å². The molecule has 1 fully saturated rings. The van der Waals surface area contributed by atoms with Gasteiger partial charge in [0, 0.05) is 19.2 Å². The van der Waals surface area contributed by atoms with Gasteiger partial charge in [0.05, 0.1) is 6.10 Å². The smallest absolute Gasteiger partial charge is 0.244 e. The number of β-amino-alcohol motifs (C(OH)–C–C–N with tert-alkyl or cyclic N) is 1. The van der Waals surface area contributed by atoms with Crippen molar-refractivity contribution >= 4 is 11.5 Å². The maximum atomic E-state index is 12.0. The molecule has 1 unspecified atom stereocenters. The molecule has 4 heteroatoms. The lowest BCUT2D eigenvalue weighted by atomic mass is 9.99. The monoisotopic (exact) mass is 316 g/mol. The molecule has 1 amide bonds. The molecule has 1 heterocycles. The van der Waals surface area contributed by atoms with Crippen molar-refractivity contribution in [1.29, 1.82) is 0 Å². The molecule has 0 spiro atoms. The minimum absolute atomic E-state index is 0.155. The number of likely N-dealkylation sites (tertiary alicyclic amines) is 1. The number of aliphatic hydroxyl groups is 1. The molecule has 23 heavy (non-hydrogen) atoms. The molecular weight excluding hydrogens is 288 g/mol. The van der Waals surface area contributed by atoms with Gasteiger partial charge in [0.2, 0.25) is 5.91 Å². The first-order chi connectivity index (χ1) is 11.0. The van der Waals surface area contributed by atoms with E-state index < -0.39 is 6.10 Å². The Balaban J connectivity index is 1.73. The van der Waals surface area contributed by atoms with Gasteiger partial charge in [-0.2, -0.15) is 0 Å². The molecule has 1 aromatic carbocycles. The van der Waals surface area contributed by atoms with Crippen LogP contribution in [0.3, 0.4) is 0 Å². The number of aliphatic hydroxyl groups excluding tert-OH is 1. The molecule has 2 rings (SSSR count). The van der Waals surface area contributed by atoms with Crippen LogP contribution in [0.4, 0.5) is 0 Å². The quantitative estimate of drug-likeness (QED) is 0.792. The summed E-state index contributed by atoms with van der Waals surface area (Å²) in [7, 11) is 0. The second kappa shape index (κ2) is 8.85. The summed E-state index contributed by atoms with van der Waals surface area (Å²) in [6, 6.07) is 9.81. The van der Waals surface area contributed by atoms with Gasteiger partial charge in [-0.1, -0.05) is 37.3 Å². The van der Waals surface area contributed by atoms with E-state index in [2.05, 4.69) is 17.1 Å². The summed E-state index contributed by atoms with van der Waals surface area (Å²) >= 11 is 0. The number of carbonyl (C=O) groups excluding carboxylic acids is 1. The van der Waals surface area contributed by atoms with E-state index in [4.69, 9.17) is 0 Å². The van der Waals surface area contributed by atoms with Crippen molar-refractivity contribution < 1.29 is 9.90 Å². The molecule has 1 aromatic rings. The van der Waals surface area contributed by atoms with E-state index >= 15 is 0 Å². The average molecular weight is 316 g/mol. The predicted octanol–water partition coefficient (Wildman–Crippen LogP) is 2.30. The van der Waals surface area contributed by atoms with Crippen LogP contribution in [-0.2, 0) is 4.79 Å². The van der Waals surface area contributed by atoms with Crippen molar-refractivity contribution in [2.24, 2.45) is 5.92 Å². The highest BCUT2D eigenvalue weighted by atomic mass is 16.3. The van der Waals surface area contributed by atoms with Crippen LogP contribution >= 0.6 is 0 Å². The summed E-state index contributed by atoms with van der Waals surface area (Å²) in [5.41, 5.74) is 1.95. The van der Waals surface area contributed by atoms with Crippen LogP contribution in [0, 0.1) is 5.92 Å². The van der Waals surface area contributed by atoms with Crippen LogP contribution in [0.5, 0.6) is 0 Å². The number of hydrogen-bond acceptors (Lipinski definition) is 3. The molecule has 0 aliphatic carbocycles. The lowest BCUT2D eigenvalue weighted by Gasteiger charge is -2.31. The second-order valence-electron chi connectivity index (χ2n) is 6.58. The molecule has 126 valence electrons. The minimum atomic E-state index is -0.516. The highest BCUT2D eigenvalue weighted by molar-refractivity contribution is 5.94. The fraction of sp³-hybridized carbons (Fsp3) is 0.526. The highest BCUT2D eigenvalue weighted by Crippen LogP contribution is 2.16. The standard InChI is InChI=1S/C19H28N2O2/c1-15-8-10-21(11-9-15)14-18(22)13-20-19(23)12-16(2)17-6-4-3-5-7-17/h3-7,12,15,18,22H,8-11,13-14H2,1-2H3,(H,20,23). The number of hydrogen-bond donors (Lipinski definition) is 2. The largest absolute Gasteiger partial charge is 0.390 e. The summed E-state index contributed by atoms with van der Waals surface area (Å²) < 4.78 is 0. The summed E-state index contributed by atoms with van der Waals surface area (Å²) in [6.07, 6.45) is 3.46. The zero-order valence-corrected chi connectivity index (χ0v) is 14.2. The number of piperidine rings is 1. The summed E-state index contributed by atoms with van der Waals surface area (Å²) in [4.78, 5) is 14.2. The van der Waals surface area contributed by atoms with Crippen molar-refractivity contribution in [2.45, 2.75) is 32.8 Å². The Labute approximate surface area is 139 Å². The number of rotatable bonds is 6. The number of nitrogens with one attached hydrogen (secondary N) is 1. The fourth-order valence-electron chi connectivity index (χ4n) is 2.86. The molecule has 0 radical (unpaired) electrons. The topological polar surface area (TPSA) is 52.6 Å². The molecule has 1 aliphatic heterocycles. The van der Waals surface area contributed by atoms with E-state index in [9.17, 15) is 9.90 Å². The van der Waals surface area contributed by atoms with E-state index in [0.717, 1.165) is 30.1 Å². The third kappa shape index (κ3) is 6.16. The van der Waals surface area contributed by atoms with E-state index in [1.165, 1.54) is 12.8 Å². The van der Waals surface area contributed by atoms with E-state index in [0.29, 0.717) is 13.1 Å². The normalized spacial score (nSPS) is 18.7. The number of amides is 1. The number of benzene rings is 1. The Morgan fingerprint density at radius 2 is 2.00 bits per heavy atom. The van der Waals surface area contributed by atoms with Gasteiger partial charge in [-0.3, -0.25) is 4.79 Å². The van der Waals surface area contributed by atoms with Gasteiger partial charge >= 0.3 is 0 Å². The lowest BCUT2D eigenvalue weighted by molar-refractivity contribution is -0.117. The van der Waals surface area contributed by atoms with Crippen LogP contribution in [0.25, 0.3) is 5.57 Å². The van der Waals surface area contributed by atoms with Gasteiger partial charge in [-0.05, 0) is 49.9 Å². The van der Waals surface area contributed by atoms with Gasteiger partial charge in [0.25, 0.3) is 0 Å². The molecule has 1 saturated heterocycles. The third-order valence-corrected chi connectivity index (χ3v) is 4.43. The number of carbonyl (C=O) groups is 1. The molecule has 2 N–H and O–H groups in total. The first kappa shape index (κ1) is 17.7. The Morgan fingerprint density at radius 1 is 1.35 bits per heavy atom. The van der Waals surface area contributed by atoms with E-state index in [1.54, 1.807) is 6.08 Å². The van der Waals surface area contributed by atoms with Gasteiger partial charge in [-0.15, -0.1) is 0 Å². The highest BCUT2D eigenvalue weighted by Gasteiger charge is 2.18. The summed E-state index contributed by atoms with van der Waals surface area (Å²) in [6.45, 7) is 7.20. The van der Waals surface area contributed by atoms with Crippen molar-refractivity contribution in [2.75, 3.05) is 26.2 Å². The molecule has 4 nitrogen and oxygen atoms in total. The van der Waals surface area contributed by atoms with Crippen LogP contribution in [-0.4, -0.2) is 48.2 Å². The van der Waals surface area contributed by atoms with Crippen molar-refractivity contribution in [3.8, 4) is 0 Å². The first-order valence-electron chi connectivity index (χ1n) is 8.46. The predicted molar refractivity (Wildman–Crippen MR) is 93.9 cm³/mol. The summed E-state index contributed by atoms with van der Waals surface area (Å²) in [5.74, 6) is 0.631. The molecule has 0 bridgehead atoms. The Bertz CT molecular complexity index is 519. The molecule has 1 atom stereocenters. The number of nitrogens with zero attached hydrogens (tertiary/aromatic N) is 1. The molecule has 0 saturated carbocycles. The zero-order valence-electron chi connectivity index (χ0n) is 14.2. The van der Waals surface area contributed by atoms with Gasteiger partial charge in [0.15, 0.2) is 0 Å². The van der Waals surface area contributed by atoms with Crippen LogP contribution in [0.2, 0.25) is 0 Å². The van der Waals surface area contributed by atoms with E-state index in [-0.39, 0.29) is 5.91 Å². The lowest BCUT2D eigenvalue weighted by Crippen LogP contribution is -2.42. The van der Waals surface area contributed by atoms with Gasteiger partial charge in [0.1, 0.15) is 0 Å². The van der Waals surface area contributed by atoms with E-state index in [1.807, 2.05) is 37.3 Å². The first-order valence-corrected chi connectivity index (χ1v) is 8.46. The Hall–Kier alpha value is -1.65. The van der Waals surface area contributed by atoms with Crippen LogP contribution in [0.15, 0.2) is 36.4 Å². The maximum absolute atomic E-state index is 12.0. The Kier molecular flexibility index (Phi) is 6.81. The SMILES string of the molecule is CC(=CC(=O)NCC(O)CN1CCC(C)CC1)c1ccccc1. The fourth-order valence-corrected chi connectivity index (χ4v) is 2.86.